The van der Waals surface area contributed by atoms with Gasteiger partial charge in [-0.25, -0.2) is 0 Å². The van der Waals surface area contributed by atoms with Crippen molar-refractivity contribution in [2.45, 2.75) is 39.2 Å². The smallest absolute Gasteiger partial charge is 0.122 e. The Morgan fingerprint density at radius 2 is 2.06 bits per heavy atom. The lowest BCUT2D eigenvalue weighted by Gasteiger charge is -2.26. The van der Waals surface area contributed by atoms with E-state index in [2.05, 4.69) is 31.3 Å². The van der Waals surface area contributed by atoms with Gasteiger partial charge in [0, 0.05) is 5.54 Å². The van der Waals surface area contributed by atoms with Gasteiger partial charge in [0.25, 0.3) is 0 Å². The Balaban J connectivity index is 2.38. The summed E-state index contributed by atoms with van der Waals surface area (Å²) >= 11 is 0. The largest absolute Gasteiger partial charge is 0.493 e. The lowest BCUT2D eigenvalue weighted by molar-refractivity contribution is 0.163. The first-order chi connectivity index (χ1) is 8.50. The van der Waals surface area contributed by atoms with Crippen LogP contribution in [0.1, 0.15) is 30.9 Å². The van der Waals surface area contributed by atoms with Gasteiger partial charge in [-0.3, -0.25) is 0 Å². The van der Waals surface area contributed by atoms with Crippen molar-refractivity contribution in [3.8, 4) is 5.75 Å². The molecule has 1 rings (SSSR count). The minimum atomic E-state index is -0.203. The van der Waals surface area contributed by atoms with Gasteiger partial charge < -0.3 is 15.2 Å². The van der Waals surface area contributed by atoms with Crippen LogP contribution in [0.3, 0.4) is 0 Å². The van der Waals surface area contributed by atoms with Crippen molar-refractivity contribution >= 4 is 0 Å². The number of hydrogen-bond acceptors (Lipinski definition) is 3. The van der Waals surface area contributed by atoms with Crippen LogP contribution in [0.25, 0.3) is 0 Å². The highest BCUT2D eigenvalue weighted by molar-refractivity contribution is 5.35. The zero-order chi connectivity index (χ0) is 13.6. The molecular formula is C15H25NO2. The molecule has 1 unspecified atom stereocenters. The van der Waals surface area contributed by atoms with E-state index in [1.807, 2.05) is 20.0 Å². The number of nitrogens with one attached hydrogen (secondary N) is 1. The van der Waals surface area contributed by atoms with Crippen molar-refractivity contribution in [1.82, 2.24) is 5.32 Å². The molecule has 0 amide bonds. The molecule has 1 aromatic carbocycles. The predicted molar refractivity (Wildman–Crippen MR) is 75.2 cm³/mol. The summed E-state index contributed by atoms with van der Waals surface area (Å²) in [4.78, 5) is 0. The predicted octanol–water partition coefficient (Wildman–Crippen LogP) is 2.43. The van der Waals surface area contributed by atoms with Crippen LogP contribution in [0.2, 0.25) is 0 Å². The van der Waals surface area contributed by atoms with E-state index in [9.17, 15) is 5.11 Å². The summed E-state index contributed by atoms with van der Waals surface area (Å²) in [6, 6.07) is 6.21. The maximum absolute atomic E-state index is 9.27. The normalized spacial score (nSPS) is 14.3. The minimum absolute atomic E-state index is 0.146. The first-order valence-electron chi connectivity index (χ1n) is 6.50. The highest BCUT2D eigenvalue weighted by Gasteiger charge is 2.19. The number of likely N-dealkylation sites (N-methyl/N-ethyl adjacent to an activating group) is 1. The highest BCUT2D eigenvalue weighted by Crippen LogP contribution is 2.19. The van der Waals surface area contributed by atoms with E-state index in [0.29, 0.717) is 6.61 Å². The first kappa shape index (κ1) is 15.0. The van der Waals surface area contributed by atoms with Gasteiger partial charge in [0.15, 0.2) is 0 Å². The molecule has 0 spiro atoms. The Morgan fingerprint density at radius 1 is 1.33 bits per heavy atom. The number of rotatable bonds is 7. The number of aliphatic hydroxyl groups excluding tert-OH is 1. The van der Waals surface area contributed by atoms with Gasteiger partial charge in [-0.05, 0) is 52.3 Å². The van der Waals surface area contributed by atoms with Gasteiger partial charge in [-0.1, -0.05) is 17.7 Å². The number of ether oxygens (including phenoxy) is 1. The maximum Gasteiger partial charge on any atom is 0.122 e. The third kappa shape index (κ3) is 4.31. The number of benzene rings is 1. The number of aliphatic hydroxyl groups is 1. The van der Waals surface area contributed by atoms with E-state index in [1.54, 1.807) is 0 Å². The second-order valence-electron chi connectivity index (χ2n) is 5.19. The molecule has 2 N–H and O–H groups in total. The quantitative estimate of drug-likeness (QED) is 0.731. The molecule has 0 saturated heterocycles. The fourth-order valence-electron chi connectivity index (χ4n) is 1.89. The monoisotopic (exact) mass is 251 g/mol. The zero-order valence-electron chi connectivity index (χ0n) is 11.9. The molecule has 3 nitrogen and oxygen atoms in total. The molecule has 0 aliphatic heterocycles. The van der Waals surface area contributed by atoms with E-state index in [0.717, 1.165) is 18.6 Å². The summed E-state index contributed by atoms with van der Waals surface area (Å²) in [5, 5.41) is 12.4. The Kier molecular flexibility index (Phi) is 5.63. The molecule has 0 radical (unpaired) electrons. The molecule has 1 atom stereocenters. The van der Waals surface area contributed by atoms with Crippen LogP contribution >= 0.6 is 0 Å². The van der Waals surface area contributed by atoms with E-state index < -0.39 is 0 Å². The molecule has 18 heavy (non-hydrogen) atoms. The fourth-order valence-corrected chi connectivity index (χ4v) is 1.89. The molecule has 0 saturated carbocycles. The lowest BCUT2D eigenvalue weighted by atomic mass is 9.97. The highest BCUT2D eigenvalue weighted by atomic mass is 16.5. The minimum Gasteiger partial charge on any atom is -0.493 e. The molecule has 1 aromatic rings. The Hall–Kier alpha value is -1.06. The Labute approximate surface area is 110 Å². The standard InChI is InChI=1S/C15H25NO2/c1-12-6-7-14(13(2)10-12)18-9-5-8-15(3,11-17)16-4/h6-7,10,16-17H,5,8-9,11H2,1-4H3. The van der Waals surface area contributed by atoms with E-state index >= 15 is 0 Å². The lowest BCUT2D eigenvalue weighted by Crippen LogP contribution is -2.43. The van der Waals surface area contributed by atoms with Gasteiger partial charge in [0.05, 0.1) is 13.2 Å². The van der Waals surface area contributed by atoms with Gasteiger partial charge in [-0.2, -0.15) is 0 Å². The average molecular weight is 251 g/mol. The van der Waals surface area contributed by atoms with Crippen molar-refractivity contribution < 1.29 is 9.84 Å². The molecule has 0 aliphatic carbocycles. The van der Waals surface area contributed by atoms with E-state index in [-0.39, 0.29) is 12.1 Å². The van der Waals surface area contributed by atoms with Crippen molar-refractivity contribution in [2.24, 2.45) is 0 Å². The summed E-state index contributed by atoms with van der Waals surface area (Å²) in [6.07, 6.45) is 1.82. The van der Waals surface area contributed by atoms with Crippen molar-refractivity contribution in [3.63, 3.8) is 0 Å². The van der Waals surface area contributed by atoms with Gasteiger partial charge in [0.1, 0.15) is 5.75 Å². The van der Waals surface area contributed by atoms with Crippen LogP contribution in [-0.4, -0.2) is 30.9 Å². The molecule has 0 bridgehead atoms. The molecule has 0 heterocycles. The fraction of sp³-hybridized carbons (Fsp3) is 0.600. The van der Waals surface area contributed by atoms with E-state index in [1.165, 1.54) is 11.1 Å². The van der Waals surface area contributed by atoms with Crippen LogP contribution in [0, 0.1) is 13.8 Å². The molecule has 0 fully saturated rings. The zero-order valence-corrected chi connectivity index (χ0v) is 11.9. The summed E-state index contributed by atoms with van der Waals surface area (Å²) in [7, 11) is 1.88. The third-order valence-corrected chi connectivity index (χ3v) is 3.41. The number of hydrogen-bond donors (Lipinski definition) is 2. The molecule has 3 heteroatoms. The summed E-state index contributed by atoms with van der Waals surface area (Å²) in [5.41, 5.74) is 2.22. The van der Waals surface area contributed by atoms with Gasteiger partial charge >= 0.3 is 0 Å². The molecular weight excluding hydrogens is 226 g/mol. The van der Waals surface area contributed by atoms with Crippen LogP contribution in [0.15, 0.2) is 18.2 Å². The van der Waals surface area contributed by atoms with Crippen molar-refractivity contribution in [3.05, 3.63) is 29.3 Å². The second-order valence-corrected chi connectivity index (χ2v) is 5.19. The summed E-state index contributed by atoms with van der Waals surface area (Å²) < 4.78 is 5.77. The number of aryl methyl sites for hydroxylation is 2. The average Bonchev–Trinajstić information content (AvgIpc) is 2.36. The molecule has 102 valence electrons. The van der Waals surface area contributed by atoms with Crippen molar-refractivity contribution in [2.75, 3.05) is 20.3 Å². The van der Waals surface area contributed by atoms with Crippen LogP contribution in [0.5, 0.6) is 5.75 Å². The van der Waals surface area contributed by atoms with Crippen LogP contribution in [0.4, 0.5) is 0 Å². The SMILES string of the molecule is CNC(C)(CO)CCCOc1ccc(C)cc1C. The topological polar surface area (TPSA) is 41.5 Å². The maximum atomic E-state index is 9.27. The van der Waals surface area contributed by atoms with Gasteiger partial charge in [0.2, 0.25) is 0 Å². The van der Waals surface area contributed by atoms with Crippen LogP contribution in [-0.2, 0) is 0 Å². The third-order valence-electron chi connectivity index (χ3n) is 3.41. The Bertz CT molecular complexity index is 373. The van der Waals surface area contributed by atoms with E-state index in [4.69, 9.17) is 4.74 Å². The second kappa shape index (κ2) is 6.76. The van der Waals surface area contributed by atoms with Crippen molar-refractivity contribution in [1.29, 1.82) is 0 Å². The summed E-state index contributed by atoms with van der Waals surface area (Å²) in [5.74, 6) is 0.954. The summed E-state index contributed by atoms with van der Waals surface area (Å²) in [6.45, 7) is 6.99. The first-order valence-corrected chi connectivity index (χ1v) is 6.50. The molecule has 0 aliphatic rings. The van der Waals surface area contributed by atoms with Gasteiger partial charge in [-0.15, -0.1) is 0 Å². The van der Waals surface area contributed by atoms with Crippen LogP contribution < -0.4 is 10.1 Å². The Morgan fingerprint density at radius 3 is 2.61 bits per heavy atom. The molecule has 0 aromatic heterocycles.